The molecule has 0 radical (unpaired) electrons. The van der Waals surface area contributed by atoms with Crippen molar-refractivity contribution < 1.29 is 14.2 Å². The van der Waals surface area contributed by atoms with Crippen molar-refractivity contribution in [1.29, 1.82) is 5.26 Å². The van der Waals surface area contributed by atoms with Crippen LogP contribution in [0.4, 0.5) is 0 Å². The molecule has 0 N–H and O–H groups in total. The molecule has 0 atom stereocenters. The highest BCUT2D eigenvalue weighted by atomic mass is 16.7. The molecule has 4 nitrogen and oxygen atoms in total. The van der Waals surface area contributed by atoms with Crippen LogP contribution in [0.15, 0.2) is 11.6 Å². The summed E-state index contributed by atoms with van der Waals surface area (Å²) in [6, 6.07) is 2.07. The van der Waals surface area contributed by atoms with Gasteiger partial charge in [0.05, 0.1) is 19.3 Å². The fraction of sp³-hybridized carbons (Fsp3) is 0.667. The fourth-order valence-electron chi connectivity index (χ4n) is 0.712. The van der Waals surface area contributed by atoms with Crippen molar-refractivity contribution in [2.24, 2.45) is 0 Å². The van der Waals surface area contributed by atoms with E-state index in [0.29, 0.717) is 25.2 Å². The van der Waals surface area contributed by atoms with Gasteiger partial charge in [0.2, 0.25) is 0 Å². The van der Waals surface area contributed by atoms with Gasteiger partial charge in [0.25, 0.3) is 0 Å². The summed E-state index contributed by atoms with van der Waals surface area (Å²) in [6.07, 6.45) is 2.35. The van der Waals surface area contributed by atoms with Crippen LogP contribution < -0.4 is 0 Å². The van der Waals surface area contributed by atoms with E-state index in [1.165, 1.54) is 0 Å². The Morgan fingerprint density at radius 1 is 1.38 bits per heavy atom. The highest BCUT2D eigenvalue weighted by Gasteiger charge is 1.94. The summed E-state index contributed by atoms with van der Waals surface area (Å²) in [5.74, 6) is 0. The summed E-state index contributed by atoms with van der Waals surface area (Å²) < 4.78 is 14.5. The van der Waals surface area contributed by atoms with Crippen LogP contribution in [0.1, 0.15) is 6.42 Å². The number of nitriles is 1. The summed E-state index contributed by atoms with van der Waals surface area (Å²) in [4.78, 5) is 0. The summed E-state index contributed by atoms with van der Waals surface area (Å²) in [6.45, 7) is 1.23. The quantitative estimate of drug-likeness (QED) is 0.338. The van der Waals surface area contributed by atoms with E-state index in [1.54, 1.807) is 20.3 Å². The molecular weight excluding hydrogens is 170 g/mol. The third-order valence-electron chi connectivity index (χ3n) is 1.36. The van der Waals surface area contributed by atoms with Crippen molar-refractivity contribution in [1.82, 2.24) is 0 Å². The summed E-state index contributed by atoms with van der Waals surface area (Å²) in [5.41, 5.74) is 0.679. The zero-order valence-electron chi connectivity index (χ0n) is 8.08. The Morgan fingerprint density at radius 3 is 2.69 bits per heavy atom. The van der Waals surface area contributed by atoms with Gasteiger partial charge >= 0.3 is 0 Å². The molecule has 0 unspecified atom stereocenters. The van der Waals surface area contributed by atoms with Crippen LogP contribution in [-0.2, 0) is 14.2 Å². The highest BCUT2D eigenvalue weighted by molar-refractivity contribution is 5.20. The van der Waals surface area contributed by atoms with Gasteiger partial charge in [0.15, 0.2) is 0 Å². The second-order valence-corrected chi connectivity index (χ2v) is 2.36. The number of rotatable bonds is 7. The average molecular weight is 185 g/mol. The van der Waals surface area contributed by atoms with Crippen LogP contribution in [0.5, 0.6) is 0 Å². The standard InChI is InChI=1S/C9H15NO3/c1-11-5-3-9(7-10)4-6-13-8-12-2/h3H,4-6,8H2,1-2H3/b9-3+. The molecule has 0 amide bonds. The lowest BCUT2D eigenvalue weighted by atomic mass is 10.2. The summed E-state index contributed by atoms with van der Waals surface area (Å²) >= 11 is 0. The number of hydrogen-bond donors (Lipinski definition) is 0. The molecular formula is C9H15NO3. The van der Waals surface area contributed by atoms with Crippen LogP contribution in [0.2, 0.25) is 0 Å². The Kier molecular flexibility index (Phi) is 8.57. The molecule has 0 aliphatic carbocycles. The van der Waals surface area contributed by atoms with Crippen LogP contribution in [0.25, 0.3) is 0 Å². The molecule has 0 spiro atoms. The van der Waals surface area contributed by atoms with Gasteiger partial charge < -0.3 is 14.2 Å². The van der Waals surface area contributed by atoms with Crippen molar-refractivity contribution in [3.8, 4) is 6.07 Å². The smallest absolute Gasteiger partial charge is 0.146 e. The van der Waals surface area contributed by atoms with Gasteiger partial charge in [-0.25, -0.2) is 0 Å². The maximum absolute atomic E-state index is 8.65. The highest BCUT2D eigenvalue weighted by Crippen LogP contribution is 1.99. The molecule has 0 saturated carbocycles. The van der Waals surface area contributed by atoms with E-state index < -0.39 is 0 Å². The molecule has 13 heavy (non-hydrogen) atoms. The maximum atomic E-state index is 8.65. The molecule has 0 fully saturated rings. The van der Waals surface area contributed by atoms with Crippen LogP contribution in [0.3, 0.4) is 0 Å². The number of ether oxygens (including phenoxy) is 3. The van der Waals surface area contributed by atoms with Gasteiger partial charge in [-0.3, -0.25) is 0 Å². The molecule has 0 aliphatic rings. The molecule has 74 valence electrons. The van der Waals surface area contributed by atoms with Gasteiger partial charge in [0.1, 0.15) is 6.79 Å². The Hall–Kier alpha value is -0.890. The molecule has 0 saturated heterocycles. The van der Waals surface area contributed by atoms with E-state index in [2.05, 4.69) is 10.8 Å². The first kappa shape index (κ1) is 12.1. The van der Waals surface area contributed by atoms with Gasteiger partial charge in [0, 0.05) is 26.2 Å². The molecule has 4 heteroatoms. The summed E-state index contributed by atoms with van der Waals surface area (Å²) in [5, 5.41) is 8.65. The predicted molar refractivity (Wildman–Crippen MR) is 48.0 cm³/mol. The molecule has 0 heterocycles. The average Bonchev–Trinajstić information content (AvgIpc) is 2.17. The Bertz CT molecular complexity index is 184. The van der Waals surface area contributed by atoms with Gasteiger partial charge in [-0.2, -0.15) is 5.26 Å². The predicted octanol–water partition coefficient (Wildman–Crippen LogP) is 1.09. The lowest BCUT2D eigenvalue weighted by Crippen LogP contribution is -1.99. The van der Waals surface area contributed by atoms with Crippen molar-refractivity contribution in [2.45, 2.75) is 6.42 Å². The van der Waals surface area contributed by atoms with Gasteiger partial charge in [-0.1, -0.05) is 0 Å². The zero-order chi connectivity index (χ0) is 9.94. The molecule has 0 aromatic carbocycles. The molecule has 0 aromatic rings. The zero-order valence-corrected chi connectivity index (χ0v) is 8.08. The Morgan fingerprint density at radius 2 is 2.15 bits per heavy atom. The van der Waals surface area contributed by atoms with Crippen molar-refractivity contribution in [3.05, 3.63) is 11.6 Å². The van der Waals surface area contributed by atoms with E-state index in [0.717, 1.165) is 0 Å². The van der Waals surface area contributed by atoms with E-state index >= 15 is 0 Å². The summed E-state index contributed by atoms with van der Waals surface area (Å²) in [7, 11) is 3.15. The minimum atomic E-state index is 0.267. The third kappa shape index (κ3) is 7.47. The minimum absolute atomic E-state index is 0.267. The van der Waals surface area contributed by atoms with E-state index in [1.807, 2.05) is 0 Å². The first-order valence-corrected chi connectivity index (χ1v) is 4.00. The molecule has 0 bridgehead atoms. The lowest BCUT2D eigenvalue weighted by molar-refractivity contribution is -0.0289. The minimum Gasteiger partial charge on any atom is -0.381 e. The van der Waals surface area contributed by atoms with Gasteiger partial charge in [-0.05, 0) is 6.08 Å². The third-order valence-corrected chi connectivity index (χ3v) is 1.36. The van der Waals surface area contributed by atoms with Crippen LogP contribution in [0, 0.1) is 11.3 Å². The molecule has 0 aliphatic heterocycles. The largest absolute Gasteiger partial charge is 0.381 e. The second-order valence-electron chi connectivity index (χ2n) is 2.36. The number of methoxy groups -OCH3 is 2. The van der Waals surface area contributed by atoms with Gasteiger partial charge in [-0.15, -0.1) is 0 Å². The van der Waals surface area contributed by atoms with E-state index in [4.69, 9.17) is 14.7 Å². The van der Waals surface area contributed by atoms with Crippen LogP contribution in [-0.4, -0.2) is 34.2 Å². The Balaban J connectivity index is 3.55. The fourth-order valence-corrected chi connectivity index (χ4v) is 0.712. The normalized spacial score (nSPS) is 11.3. The SMILES string of the molecule is COC/C=C(/C#N)CCOCOC. The Labute approximate surface area is 78.7 Å². The van der Waals surface area contributed by atoms with E-state index in [-0.39, 0.29) is 6.79 Å². The molecule has 0 aromatic heterocycles. The topological polar surface area (TPSA) is 51.5 Å². The maximum Gasteiger partial charge on any atom is 0.146 e. The lowest BCUT2D eigenvalue weighted by Gasteiger charge is -2.01. The van der Waals surface area contributed by atoms with Crippen LogP contribution >= 0.6 is 0 Å². The number of nitrogens with zero attached hydrogens (tertiary/aromatic N) is 1. The second kappa shape index (κ2) is 9.20. The van der Waals surface area contributed by atoms with E-state index in [9.17, 15) is 0 Å². The first-order valence-electron chi connectivity index (χ1n) is 4.00. The molecule has 0 rings (SSSR count). The number of hydrogen-bond acceptors (Lipinski definition) is 4. The monoisotopic (exact) mass is 185 g/mol. The first-order chi connectivity index (χ1) is 6.35. The van der Waals surface area contributed by atoms with Crippen molar-refractivity contribution in [3.63, 3.8) is 0 Å². The van der Waals surface area contributed by atoms with Crippen molar-refractivity contribution >= 4 is 0 Å². The van der Waals surface area contributed by atoms with Crippen molar-refractivity contribution in [2.75, 3.05) is 34.2 Å².